The minimum atomic E-state index is -0.866. The van der Waals surface area contributed by atoms with Gasteiger partial charge in [0.15, 0.2) is 6.61 Å². The summed E-state index contributed by atoms with van der Waals surface area (Å²) < 4.78 is 15.5. The van der Waals surface area contributed by atoms with Crippen LogP contribution in [-0.2, 0) is 20.7 Å². The molecule has 0 radical (unpaired) electrons. The Bertz CT molecular complexity index is 1310. The second-order valence-electron chi connectivity index (χ2n) is 6.95. The van der Waals surface area contributed by atoms with Crippen LogP contribution < -0.4 is 15.7 Å². The van der Waals surface area contributed by atoms with Crippen molar-refractivity contribution < 1.29 is 23.5 Å². The molecule has 0 aliphatic rings. The fourth-order valence-corrected chi connectivity index (χ4v) is 3.37. The number of hydrogen-bond acceptors (Lipinski definition) is 6. The fraction of sp³-hybridized carbons (Fsp3) is 0.174. The molecule has 4 rings (SSSR count). The second-order valence-corrected chi connectivity index (χ2v) is 6.95. The molecule has 0 fully saturated rings. The van der Waals surface area contributed by atoms with Gasteiger partial charge in [0.1, 0.15) is 17.4 Å². The molecule has 0 saturated carbocycles. The molecule has 2 N–H and O–H groups in total. The van der Waals surface area contributed by atoms with E-state index in [1.165, 1.54) is 19.2 Å². The van der Waals surface area contributed by atoms with E-state index in [-0.39, 0.29) is 13.0 Å². The zero-order valence-electron chi connectivity index (χ0n) is 16.7. The lowest BCUT2D eigenvalue weighted by molar-refractivity contribution is -0.145. The number of ether oxygens (including phenoxy) is 2. The maximum absolute atomic E-state index is 12.4. The van der Waals surface area contributed by atoms with Gasteiger partial charge in [-0.3, -0.25) is 4.79 Å². The summed E-state index contributed by atoms with van der Waals surface area (Å²) in [6.45, 7) is -0.316. The van der Waals surface area contributed by atoms with Crippen LogP contribution in [0.15, 0.2) is 70.0 Å². The molecular weight excluding hydrogens is 400 g/mol. The molecule has 1 atom stereocenters. The van der Waals surface area contributed by atoms with E-state index in [1.807, 2.05) is 30.5 Å². The van der Waals surface area contributed by atoms with E-state index in [9.17, 15) is 14.4 Å². The minimum Gasteiger partial charge on any atom is -0.484 e. The minimum absolute atomic E-state index is 0.267. The van der Waals surface area contributed by atoms with Crippen molar-refractivity contribution in [2.75, 3.05) is 13.7 Å². The number of fused-ring (bicyclic) bond motifs is 2. The van der Waals surface area contributed by atoms with Gasteiger partial charge in [-0.1, -0.05) is 18.2 Å². The molecule has 4 aromatic rings. The maximum Gasteiger partial charge on any atom is 0.336 e. The van der Waals surface area contributed by atoms with E-state index < -0.39 is 23.5 Å². The van der Waals surface area contributed by atoms with Crippen molar-refractivity contribution in [3.05, 3.63) is 76.8 Å². The average Bonchev–Trinajstić information content (AvgIpc) is 3.19. The third-order valence-corrected chi connectivity index (χ3v) is 4.88. The number of carbonyl (C=O) groups excluding carboxylic acids is 2. The Balaban J connectivity index is 1.43. The summed E-state index contributed by atoms with van der Waals surface area (Å²) in [4.78, 5) is 39.2. The fourth-order valence-electron chi connectivity index (χ4n) is 3.37. The van der Waals surface area contributed by atoms with Gasteiger partial charge >= 0.3 is 11.6 Å². The van der Waals surface area contributed by atoms with Crippen LogP contribution in [0.3, 0.4) is 0 Å². The molecule has 158 valence electrons. The zero-order chi connectivity index (χ0) is 21.8. The third kappa shape index (κ3) is 4.58. The molecule has 0 spiro atoms. The highest BCUT2D eigenvalue weighted by molar-refractivity contribution is 5.87. The molecule has 0 aliphatic heterocycles. The first-order valence-electron chi connectivity index (χ1n) is 9.62. The number of esters is 1. The molecular formula is C23H20N2O6. The number of H-pyrrole nitrogens is 1. The molecule has 8 heteroatoms. The van der Waals surface area contributed by atoms with Crippen molar-refractivity contribution >= 4 is 33.7 Å². The van der Waals surface area contributed by atoms with Crippen molar-refractivity contribution in [2.24, 2.45) is 0 Å². The first-order valence-corrected chi connectivity index (χ1v) is 9.62. The number of aromatic nitrogens is 1. The van der Waals surface area contributed by atoms with Gasteiger partial charge in [0.2, 0.25) is 0 Å². The SMILES string of the molecule is COC(=O)[C@H](Cc1c[nH]c2ccccc12)NC(=O)COc1ccc2ccc(=O)oc2c1. The summed E-state index contributed by atoms with van der Waals surface area (Å²) in [6, 6.07) is 14.7. The molecule has 2 aromatic carbocycles. The molecule has 0 saturated heterocycles. The van der Waals surface area contributed by atoms with Crippen LogP contribution in [0.5, 0.6) is 5.75 Å². The summed E-state index contributed by atoms with van der Waals surface area (Å²) in [5.74, 6) is -0.667. The van der Waals surface area contributed by atoms with Gasteiger partial charge in [0.05, 0.1) is 7.11 Å². The van der Waals surface area contributed by atoms with Gasteiger partial charge in [-0.05, 0) is 29.8 Å². The van der Waals surface area contributed by atoms with Gasteiger partial charge in [0, 0.05) is 41.0 Å². The lowest BCUT2D eigenvalue weighted by Gasteiger charge is -2.16. The van der Waals surface area contributed by atoms with Gasteiger partial charge in [-0.25, -0.2) is 9.59 Å². The number of nitrogens with one attached hydrogen (secondary N) is 2. The Labute approximate surface area is 176 Å². The third-order valence-electron chi connectivity index (χ3n) is 4.88. The first-order chi connectivity index (χ1) is 15.0. The molecule has 0 unspecified atom stereocenters. The largest absolute Gasteiger partial charge is 0.484 e. The summed E-state index contributed by atoms with van der Waals surface area (Å²) >= 11 is 0. The topological polar surface area (TPSA) is 111 Å². The number of rotatable bonds is 7. The van der Waals surface area contributed by atoms with Crippen molar-refractivity contribution in [2.45, 2.75) is 12.5 Å². The molecule has 2 heterocycles. The van der Waals surface area contributed by atoms with E-state index in [0.29, 0.717) is 11.3 Å². The van der Waals surface area contributed by atoms with Crippen molar-refractivity contribution in [3.63, 3.8) is 0 Å². The number of hydrogen-bond donors (Lipinski definition) is 2. The van der Waals surface area contributed by atoms with Crippen LogP contribution >= 0.6 is 0 Å². The summed E-state index contributed by atoms with van der Waals surface area (Å²) in [5, 5.41) is 4.37. The molecule has 2 aromatic heterocycles. The molecule has 31 heavy (non-hydrogen) atoms. The lowest BCUT2D eigenvalue weighted by Crippen LogP contribution is -2.44. The van der Waals surface area contributed by atoms with Crippen LogP contribution in [0.1, 0.15) is 5.56 Å². The Hall–Kier alpha value is -4.07. The average molecular weight is 420 g/mol. The monoisotopic (exact) mass is 420 g/mol. The normalized spacial score (nSPS) is 11.9. The number of methoxy groups -OCH3 is 1. The van der Waals surface area contributed by atoms with E-state index in [2.05, 4.69) is 10.3 Å². The predicted molar refractivity (Wildman–Crippen MR) is 114 cm³/mol. The quantitative estimate of drug-likeness (QED) is 0.351. The van der Waals surface area contributed by atoms with Gasteiger partial charge in [-0.2, -0.15) is 0 Å². The van der Waals surface area contributed by atoms with Crippen molar-refractivity contribution in [1.82, 2.24) is 10.3 Å². The maximum atomic E-state index is 12.4. The lowest BCUT2D eigenvalue weighted by atomic mass is 10.0. The van der Waals surface area contributed by atoms with Gasteiger partial charge in [0.25, 0.3) is 5.91 Å². The highest BCUT2D eigenvalue weighted by atomic mass is 16.5. The van der Waals surface area contributed by atoms with E-state index >= 15 is 0 Å². The van der Waals surface area contributed by atoms with Crippen LogP contribution in [-0.4, -0.2) is 36.6 Å². The Morgan fingerprint density at radius 3 is 2.77 bits per heavy atom. The van der Waals surface area contributed by atoms with E-state index in [4.69, 9.17) is 13.9 Å². The molecule has 0 aliphatic carbocycles. The summed E-state index contributed by atoms with van der Waals surface area (Å²) in [5.41, 5.74) is 1.72. The molecule has 8 nitrogen and oxygen atoms in total. The standard InChI is InChI=1S/C23H20N2O6/c1-29-23(28)19(10-15-12-24-18-5-3-2-4-17(15)18)25-21(26)13-30-16-8-6-14-7-9-22(27)31-20(14)11-16/h2-9,11-12,19,24H,10,13H2,1H3,(H,25,26)/t19-/m0/s1. The number of para-hydroxylation sites is 1. The second kappa shape index (κ2) is 8.74. The van der Waals surface area contributed by atoms with Crippen LogP contribution in [0, 0.1) is 0 Å². The first kappa shape index (κ1) is 20.2. The van der Waals surface area contributed by atoms with Crippen LogP contribution in [0.4, 0.5) is 0 Å². The highest BCUT2D eigenvalue weighted by Crippen LogP contribution is 2.20. The molecule has 0 bridgehead atoms. The van der Waals surface area contributed by atoms with Crippen molar-refractivity contribution in [1.29, 1.82) is 0 Å². The van der Waals surface area contributed by atoms with Crippen LogP contribution in [0.25, 0.3) is 21.9 Å². The highest BCUT2D eigenvalue weighted by Gasteiger charge is 2.23. The van der Waals surface area contributed by atoms with Gasteiger partial charge < -0.3 is 24.2 Å². The number of amides is 1. The van der Waals surface area contributed by atoms with Crippen molar-refractivity contribution in [3.8, 4) is 5.75 Å². The number of carbonyl (C=O) groups is 2. The smallest absolute Gasteiger partial charge is 0.336 e. The Morgan fingerprint density at radius 2 is 1.94 bits per heavy atom. The summed E-state index contributed by atoms with van der Waals surface area (Å²) in [7, 11) is 1.27. The predicted octanol–water partition coefficient (Wildman–Crippen LogP) is 2.55. The van der Waals surface area contributed by atoms with Crippen LogP contribution in [0.2, 0.25) is 0 Å². The zero-order valence-corrected chi connectivity index (χ0v) is 16.7. The summed E-state index contributed by atoms with van der Waals surface area (Å²) in [6.07, 6.45) is 2.08. The Morgan fingerprint density at radius 1 is 1.13 bits per heavy atom. The Kier molecular flexibility index (Phi) is 5.70. The van der Waals surface area contributed by atoms with E-state index in [0.717, 1.165) is 21.9 Å². The number of benzene rings is 2. The van der Waals surface area contributed by atoms with Gasteiger partial charge in [-0.15, -0.1) is 0 Å². The molecule has 1 amide bonds. The van der Waals surface area contributed by atoms with E-state index in [1.54, 1.807) is 18.2 Å². The number of aromatic amines is 1.